The Labute approximate surface area is 393 Å². The van der Waals surface area contributed by atoms with E-state index < -0.39 is 11.8 Å². The Balaban J connectivity index is 0.000000187. The highest BCUT2D eigenvalue weighted by atomic mass is 16.7. The average Bonchev–Trinajstić information content (AvgIpc) is 4.09. The summed E-state index contributed by atoms with van der Waals surface area (Å²) in [6, 6.07) is 32.4. The zero-order valence-corrected chi connectivity index (χ0v) is 39.8. The first kappa shape index (κ1) is 46.6. The van der Waals surface area contributed by atoms with Crippen LogP contribution in [0.5, 0.6) is 11.5 Å². The normalized spacial score (nSPS) is 11.5. The number of phenols is 1. The van der Waals surface area contributed by atoms with Crippen molar-refractivity contribution < 1.29 is 24.1 Å². The van der Waals surface area contributed by atoms with Gasteiger partial charge < -0.3 is 28.5 Å². The fourth-order valence-corrected chi connectivity index (χ4v) is 8.32. The number of fused-ring (bicyclic) bond motifs is 2. The number of aromatic hydroxyl groups is 1. The van der Waals surface area contributed by atoms with Gasteiger partial charge in [0, 0.05) is 66.0 Å². The third-order valence-corrected chi connectivity index (χ3v) is 12.0. The van der Waals surface area contributed by atoms with Crippen LogP contribution in [0.25, 0.3) is 56.0 Å². The molecule has 0 spiro atoms. The van der Waals surface area contributed by atoms with Gasteiger partial charge in [0.2, 0.25) is 0 Å². The molecular weight excluding hydrogens is 861 g/mol. The van der Waals surface area contributed by atoms with Gasteiger partial charge in [-0.3, -0.25) is 0 Å². The SMILES string of the molecule is CCOCOc1cc(C)c(-c2n[nH]c(=O)n2-c2ccc3c(ccn3C)c2)cc1C(C)C.Cc1cc(O)c(C(C)C)cc1-c1nn(C(=O)OCc2ccccc2)c(=O)n1-c1ccc2c(ccn2C)c1. The van der Waals surface area contributed by atoms with E-state index in [9.17, 15) is 19.5 Å². The first-order valence-electron chi connectivity index (χ1n) is 22.6. The Morgan fingerprint density at radius 1 is 0.721 bits per heavy atom. The van der Waals surface area contributed by atoms with E-state index >= 15 is 0 Å². The monoisotopic (exact) mass is 916 g/mol. The molecule has 15 heteroatoms. The van der Waals surface area contributed by atoms with Crippen molar-refractivity contribution in [2.24, 2.45) is 14.1 Å². The minimum absolute atomic E-state index is 0.0139. The van der Waals surface area contributed by atoms with Crippen LogP contribution in [-0.4, -0.2) is 62.8 Å². The molecular formula is C53H56N8O7. The molecule has 0 fully saturated rings. The lowest BCUT2D eigenvalue weighted by Crippen LogP contribution is -2.30. The molecule has 5 aromatic carbocycles. The van der Waals surface area contributed by atoms with Gasteiger partial charge in [0.25, 0.3) is 0 Å². The predicted molar refractivity (Wildman–Crippen MR) is 264 cm³/mol. The predicted octanol–water partition coefficient (Wildman–Crippen LogP) is 10.0. The van der Waals surface area contributed by atoms with Crippen LogP contribution in [0.3, 0.4) is 0 Å². The molecule has 0 aliphatic carbocycles. The first-order valence-corrected chi connectivity index (χ1v) is 22.6. The van der Waals surface area contributed by atoms with E-state index in [1.807, 2.05) is 157 Å². The molecule has 0 aliphatic rings. The Morgan fingerprint density at radius 2 is 1.31 bits per heavy atom. The number of phenolic OH excluding ortho intramolecular Hbond substituents is 1. The van der Waals surface area contributed by atoms with Crippen LogP contribution >= 0.6 is 0 Å². The first-order chi connectivity index (χ1) is 32.6. The largest absolute Gasteiger partial charge is 0.508 e. The van der Waals surface area contributed by atoms with E-state index in [1.165, 1.54) is 4.57 Å². The minimum atomic E-state index is -0.866. The van der Waals surface area contributed by atoms with E-state index in [1.54, 1.807) is 10.6 Å². The lowest BCUT2D eigenvalue weighted by atomic mass is 9.96. The molecule has 9 aromatic rings. The van der Waals surface area contributed by atoms with Crippen molar-refractivity contribution in [1.29, 1.82) is 0 Å². The van der Waals surface area contributed by atoms with Gasteiger partial charge in [-0.05, 0) is 133 Å². The molecule has 68 heavy (non-hydrogen) atoms. The number of hydrogen-bond acceptors (Lipinski definition) is 9. The molecule has 0 bridgehead atoms. The molecule has 2 N–H and O–H groups in total. The summed E-state index contributed by atoms with van der Waals surface area (Å²) < 4.78 is 24.5. The summed E-state index contributed by atoms with van der Waals surface area (Å²) in [7, 11) is 3.96. The summed E-state index contributed by atoms with van der Waals surface area (Å²) in [5.41, 5.74) is 8.33. The highest BCUT2D eigenvalue weighted by Crippen LogP contribution is 2.36. The molecule has 4 heterocycles. The molecule has 0 saturated carbocycles. The average molecular weight is 917 g/mol. The van der Waals surface area contributed by atoms with Crippen LogP contribution in [0.4, 0.5) is 4.79 Å². The summed E-state index contributed by atoms with van der Waals surface area (Å²) in [5.74, 6) is 2.11. The van der Waals surface area contributed by atoms with Gasteiger partial charge in [0.05, 0.1) is 11.4 Å². The smallest absolute Gasteiger partial charge is 0.439 e. The van der Waals surface area contributed by atoms with Crippen LogP contribution in [0, 0.1) is 13.8 Å². The Hall–Kier alpha value is -7.91. The number of nitrogens with one attached hydrogen (secondary N) is 1. The number of benzene rings is 5. The van der Waals surface area contributed by atoms with Gasteiger partial charge >= 0.3 is 17.5 Å². The Kier molecular flexibility index (Phi) is 13.4. The van der Waals surface area contributed by atoms with Gasteiger partial charge in [-0.15, -0.1) is 9.78 Å². The highest BCUT2D eigenvalue weighted by molar-refractivity contribution is 5.84. The second-order valence-corrected chi connectivity index (χ2v) is 17.4. The van der Waals surface area contributed by atoms with Crippen molar-refractivity contribution in [2.75, 3.05) is 13.4 Å². The topological polar surface area (TPSA) is 165 Å². The quantitative estimate of drug-likeness (QED) is 0.0896. The number of rotatable bonds is 12. The molecule has 0 unspecified atom stereocenters. The summed E-state index contributed by atoms with van der Waals surface area (Å²) in [6.07, 6.45) is 3.09. The van der Waals surface area contributed by atoms with Crippen LogP contribution < -0.4 is 16.1 Å². The van der Waals surface area contributed by atoms with E-state index in [0.717, 1.165) is 71.3 Å². The molecule has 350 valence electrons. The maximum Gasteiger partial charge on any atom is 0.439 e. The number of H-pyrrole nitrogens is 1. The molecule has 0 aliphatic heterocycles. The lowest BCUT2D eigenvalue weighted by Gasteiger charge is -2.18. The van der Waals surface area contributed by atoms with Crippen molar-refractivity contribution in [3.8, 4) is 45.6 Å². The van der Waals surface area contributed by atoms with Gasteiger partial charge in [-0.1, -0.05) is 58.0 Å². The molecule has 0 atom stereocenters. The zero-order chi connectivity index (χ0) is 48.4. The number of aromatic nitrogens is 8. The van der Waals surface area contributed by atoms with E-state index in [0.29, 0.717) is 23.7 Å². The summed E-state index contributed by atoms with van der Waals surface area (Å²) >= 11 is 0. The third-order valence-electron chi connectivity index (χ3n) is 12.0. The van der Waals surface area contributed by atoms with Crippen LogP contribution in [0.1, 0.15) is 74.3 Å². The fraction of sp³-hybridized carbons (Fsp3) is 0.264. The number of aromatic amines is 1. The lowest BCUT2D eigenvalue weighted by molar-refractivity contribution is 0.0217. The second kappa shape index (κ2) is 19.5. The number of hydrogen-bond donors (Lipinski definition) is 2. The molecule has 15 nitrogen and oxygen atoms in total. The molecule has 0 saturated heterocycles. The number of carbonyl (C=O) groups is 1. The Morgan fingerprint density at radius 3 is 1.93 bits per heavy atom. The summed E-state index contributed by atoms with van der Waals surface area (Å²) in [4.78, 5) is 39.4. The van der Waals surface area contributed by atoms with Crippen molar-refractivity contribution >= 4 is 27.9 Å². The maximum atomic E-state index is 13.7. The van der Waals surface area contributed by atoms with Crippen molar-refractivity contribution in [3.05, 3.63) is 164 Å². The van der Waals surface area contributed by atoms with Gasteiger partial charge in [-0.2, -0.15) is 5.10 Å². The third kappa shape index (κ3) is 9.25. The van der Waals surface area contributed by atoms with Crippen LogP contribution in [0.15, 0.2) is 125 Å². The molecule has 4 aromatic heterocycles. The van der Waals surface area contributed by atoms with Crippen molar-refractivity contribution in [3.63, 3.8) is 0 Å². The summed E-state index contributed by atoms with van der Waals surface area (Å²) in [5, 5.41) is 24.0. The molecule has 0 radical (unpaired) electrons. The van der Waals surface area contributed by atoms with Gasteiger partial charge in [0.1, 0.15) is 18.1 Å². The Bertz CT molecular complexity index is 3400. The van der Waals surface area contributed by atoms with Crippen LogP contribution in [-0.2, 0) is 30.2 Å². The number of nitrogens with zero attached hydrogens (tertiary/aromatic N) is 7. The van der Waals surface area contributed by atoms with E-state index in [2.05, 4.69) is 39.8 Å². The molecule has 9 rings (SSSR count). The fourth-order valence-electron chi connectivity index (χ4n) is 8.32. The van der Waals surface area contributed by atoms with Crippen molar-refractivity contribution in [2.45, 2.75) is 66.9 Å². The minimum Gasteiger partial charge on any atom is -0.508 e. The van der Waals surface area contributed by atoms with Crippen molar-refractivity contribution in [1.82, 2.24) is 38.2 Å². The highest BCUT2D eigenvalue weighted by Gasteiger charge is 2.25. The van der Waals surface area contributed by atoms with E-state index in [4.69, 9.17) is 14.2 Å². The number of carbonyl (C=O) groups excluding carboxylic acids is 1. The number of ether oxygens (including phenoxy) is 3. The molecule has 0 amide bonds. The standard InChI is InChI=1S/C29H28N4O4.C24H28N4O3/c1-18(2)23-16-24(19(3)14-26(23)34)27-30-33(29(36)37-17-20-8-6-5-7-9-20)28(35)32(27)22-10-11-25-21(15-22)12-13-31(25)4;1-6-30-14-31-22-11-16(4)20(13-19(22)15(2)3)23-25-26-24(29)28(23)18-7-8-21-17(12-18)9-10-27(21)5/h5-16,18,34H,17H2,1-4H3;7-13,15H,6,14H2,1-5H3,(H,26,29). The second-order valence-electron chi connectivity index (χ2n) is 17.4. The van der Waals surface area contributed by atoms with Gasteiger partial charge in [0.15, 0.2) is 18.4 Å². The van der Waals surface area contributed by atoms with E-state index in [-0.39, 0.29) is 42.5 Å². The number of aryl methyl sites for hydroxylation is 4. The zero-order valence-electron chi connectivity index (χ0n) is 39.8. The summed E-state index contributed by atoms with van der Waals surface area (Å²) in [6.45, 7) is 14.8. The maximum absolute atomic E-state index is 13.7. The van der Waals surface area contributed by atoms with Gasteiger partial charge in [-0.25, -0.2) is 28.6 Å². The van der Waals surface area contributed by atoms with Crippen LogP contribution in [0.2, 0.25) is 0 Å².